The van der Waals surface area contributed by atoms with Crippen molar-refractivity contribution in [1.82, 2.24) is 14.8 Å². The molecular formula is C22H23N5O2. The molecule has 2 amide bonds. The van der Waals surface area contributed by atoms with Crippen molar-refractivity contribution in [2.45, 2.75) is 38.5 Å². The first-order valence-electron chi connectivity index (χ1n) is 10.1. The molecule has 1 aliphatic carbocycles. The first-order valence-corrected chi connectivity index (χ1v) is 10.1. The summed E-state index contributed by atoms with van der Waals surface area (Å²) >= 11 is 0. The molecule has 29 heavy (non-hydrogen) atoms. The van der Waals surface area contributed by atoms with Crippen LogP contribution in [-0.2, 0) is 11.8 Å². The molecule has 0 atom stereocenters. The average molecular weight is 389 g/mol. The fraction of sp³-hybridized carbons (Fsp3) is 0.364. The van der Waals surface area contributed by atoms with Crippen LogP contribution in [0.3, 0.4) is 0 Å². The minimum atomic E-state index is -0.166. The number of aryl methyl sites for hydroxylation is 2. The van der Waals surface area contributed by atoms with E-state index in [1.54, 1.807) is 9.58 Å². The summed E-state index contributed by atoms with van der Waals surface area (Å²) in [7, 11) is 1.86. The van der Waals surface area contributed by atoms with Gasteiger partial charge >= 0.3 is 0 Å². The number of nitrogens with zero attached hydrogens (tertiary/aromatic N) is 4. The Morgan fingerprint density at radius 1 is 1.21 bits per heavy atom. The van der Waals surface area contributed by atoms with E-state index in [-0.39, 0.29) is 11.8 Å². The number of nitrogens with one attached hydrogen (secondary N) is 1. The van der Waals surface area contributed by atoms with E-state index in [1.165, 1.54) is 0 Å². The summed E-state index contributed by atoms with van der Waals surface area (Å²) < 4.78 is 1.75. The van der Waals surface area contributed by atoms with Crippen LogP contribution >= 0.6 is 0 Å². The lowest BCUT2D eigenvalue weighted by Crippen LogP contribution is -2.23. The van der Waals surface area contributed by atoms with Gasteiger partial charge in [-0.25, -0.2) is 4.98 Å². The van der Waals surface area contributed by atoms with Crippen LogP contribution in [0, 0.1) is 6.92 Å². The van der Waals surface area contributed by atoms with E-state index in [4.69, 9.17) is 4.98 Å². The second kappa shape index (κ2) is 6.69. The number of hydrogen-bond donors (Lipinski definition) is 1. The molecule has 7 heteroatoms. The molecule has 1 aliphatic heterocycles. The Balaban J connectivity index is 1.45. The fourth-order valence-electron chi connectivity index (χ4n) is 4.08. The third-order valence-electron chi connectivity index (χ3n) is 5.74. The van der Waals surface area contributed by atoms with Gasteiger partial charge in [-0.15, -0.1) is 0 Å². The fourth-order valence-corrected chi connectivity index (χ4v) is 4.08. The normalized spacial score (nSPS) is 16.6. The molecule has 3 heterocycles. The minimum Gasteiger partial charge on any atom is -0.322 e. The molecule has 7 nitrogen and oxygen atoms in total. The molecular weight excluding hydrogens is 366 g/mol. The first-order chi connectivity index (χ1) is 14.0. The number of amides is 2. The van der Waals surface area contributed by atoms with Crippen LogP contribution in [0.1, 0.15) is 53.3 Å². The summed E-state index contributed by atoms with van der Waals surface area (Å²) in [4.78, 5) is 31.6. The van der Waals surface area contributed by atoms with E-state index in [1.807, 2.05) is 44.3 Å². The molecule has 148 valence electrons. The Bertz CT molecular complexity index is 1130. The second-order valence-electron chi connectivity index (χ2n) is 7.93. The molecule has 1 saturated heterocycles. The zero-order valence-corrected chi connectivity index (χ0v) is 16.6. The third kappa shape index (κ3) is 3.16. The molecule has 2 aromatic heterocycles. The number of rotatable bonds is 4. The highest BCUT2D eigenvalue weighted by molar-refractivity contribution is 6.12. The monoisotopic (exact) mass is 389 g/mol. The largest absolute Gasteiger partial charge is 0.322 e. The van der Waals surface area contributed by atoms with Gasteiger partial charge in [-0.1, -0.05) is 0 Å². The number of carbonyl (C=O) groups excluding carboxylic acids is 2. The van der Waals surface area contributed by atoms with Crippen LogP contribution in [0.5, 0.6) is 0 Å². The van der Waals surface area contributed by atoms with Crippen molar-refractivity contribution in [3.8, 4) is 0 Å². The predicted octanol–water partition coefficient (Wildman–Crippen LogP) is 3.53. The molecule has 1 aromatic carbocycles. The Kier molecular flexibility index (Phi) is 4.12. The van der Waals surface area contributed by atoms with E-state index >= 15 is 0 Å². The van der Waals surface area contributed by atoms with E-state index in [9.17, 15) is 9.59 Å². The Morgan fingerprint density at radius 2 is 1.97 bits per heavy atom. The maximum absolute atomic E-state index is 13.1. The lowest BCUT2D eigenvalue weighted by atomic mass is 10.1. The summed E-state index contributed by atoms with van der Waals surface area (Å²) in [5.41, 5.74) is 4.70. The molecule has 2 fully saturated rings. The number of anilines is 2. The van der Waals surface area contributed by atoms with Gasteiger partial charge in [0.2, 0.25) is 5.91 Å². The zero-order valence-electron chi connectivity index (χ0n) is 16.6. The molecule has 2 aliphatic rings. The van der Waals surface area contributed by atoms with Crippen molar-refractivity contribution in [1.29, 1.82) is 0 Å². The van der Waals surface area contributed by atoms with Crippen LogP contribution in [-0.4, -0.2) is 33.1 Å². The third-order valence-corrected chi connectivity index (χ3v) is 5.74. The summed E-state index contributed by atoms with van der Waals surface area (Å²) in [6.45, 7) is 2.66. The molecule has 1 N–H and O–H groups in total. The van der Waals surface area contributed by atoms with E-state index < -0.39 is 0 Å². The molecule has 0 radical (unpaired) electrons. The molecule has 5 rings (SSSR count). The average Bonchev–Trinajstić information content (AvgIpc) is 3.42. The van der Waals surface area contributed by atoms with E-state index in [2.05, 4.69) is 10.4 Å². The predicted molar refractivity (Wildman–Crippen MR) is 111 cm³/mol. The quantitative estimate of drug-likeness (QED) is 0.740. The van der Waals surface area contributed by atoms with Gasteiger partial charge in [0.15, 0.2) is 5.65 Å². The summed E-state index contributed by atoms with van der Waals surface area (Å²) in [6.07, 6.45) is 3.73. The second-order valence-corrected chi connectivity index (χ2v) is 7.93. The number of carbonyl (C=O) groups is 2. The smallest absolute Gasteiger partial charge is 0.256 e. The van der Waals surface area contributed by atoms with Crippen LogP contribution in [0.4, 0.5) is 11.4 Å². The maximum Gasteiger partial charge on any atom is 0.256 e. The van der Waals surface area contributed by atoms with Crippen molar-refractivity contribution < 1.29 is 9.59 Å². The zero-order chi connectivity index (χ0) is 20.1. The van der Waals surface area contributed by atoms with Crippen LogP contribution in [0.25, 0.3) is 11.0 Å². The van der Waals surface area contributed by atoms with Crippen LogP contribution in [0.15, 0.2) is 30.3 Å². The van der Waals surface area contributed by atoms with Gasteiger partial charge in [0.25, 0.3) is 5.91 Å². The van der Waals surface area contributed by atoms with Crippen molar-refractivity contribution in [2.24, 2.45) is 7.05 Å². The van der Waals surface area contributed by atoms with Gasteiger partial charge in [-0.05, 0) is 56.5 Å². The summed E-state index contributed by atoms with van der Waals surface area (Å²) in [5, 5.41) is 8.26. The lowest BCUT2D eigenvalue weighted by Gasteiger charge is -2.16. The van der Waals surface area contributed by atoms with Gasteiger partial charge in [-0.2, -0.15) is 5.10 Å². The number of hydrogen-bond acceptors (Lipinski definition) is 4. The van der Waals surface area contributed by atoms with Crippen LogP contribution < -0.4 is 10.2 Å². The Morgan fingerprint density at radius 3 is 2.62 bits per heavy atom. The molecule has 1 saturated carbocycles. The molecule has 0 unspecified atom stereocenters. The van der Waals surface area contributed by atoms with Gasteiger partial charge in [0, 0.05) is 43.0 Å². The van der Waals surface area contributed by atoms with Gasteiger partial charge < -0.3 is 10.2 Å². The molecule has 0 bridgehead atoms. The van der Waals surface area contributed by atoms with Crippen molar-refractivity contribution in [2.75, 3.05) is 16.8 Å². The molecule has 0 spiro atoms. The van der Waals surface area contributed by atoms with E-state index in [0.717, 1.165) is 53.9 Å². The van der Waals surface area contributed by atoms with E-state index in [0.29, 0.717) is 23.6 Å². The first kappa shape index (κ1) is 17.8. The van der Waals surface area contributed by atoms with Crippen molar-refractivity contribution >= 4 is 34.2 Å². The topological polar surface area (TPSA) is 80.1 Å². The number of benzene rings is 1. The lowest BCUT2D eigenvalue weighted by molar-refractivity contribution is -0.117. The number of pyridine rings is 1. The summed E-state index contributed by atoms with van der Waals surface area (Å²) in [5.74, 6) is 0.430. The van der Waals surface area contributed by atoms with Gasteiger partial charge in [0.1, 0.15) is 0 Å². The maximum atomic E-state index is 13.1. The highest BCUT2D eigenvalue weighted by Crippen LogP contribution is 2.40. The number of aromatic nitrogens is 3. The van der Waals surface area contributed by atoms with Crippen molar-refractivity contribution in [3.63, 3.8) is 0 Å². The Hall–Kier alpha value is -3.22. The van der Waals surface area contributed by atoms with Crippen LogP contribution in [0.2, 0.25) is 0 Å². The highest BCUT2D eigenvalue weighted by atomic mass is 16.2. The standard InChI is InChI=1S/C22H23N5O2/c1-13-20-17(12-18(14-5-6-14)24-21(20)26(2)25-13)22(29)23-15-7-9-16(10-8-15)27-11-3-4-19(27)28/h7-10,12,14H,3-6,11H2,1-2H3,(H,23,29). The summed E-state index contributed by atoms with van der Waals surface area (Å²) in [6, 6.07) is 9.36. The minimum absolute atomic E-state index is 0.153. The number of fused-ring (bicyclic) bond motifs is 1. The Labute approximate surface area is 168 Å². The van der Waals surface area contributed by atoms with Crippen molar-refractivity contribution in [3.05, 3.63) is 47.3 Å². The highest BCUT2D eigenvalue weighted by Gasteiger charge is 2.28. The van der Waals surface area contributed by atoms with Gasteiger partial charge in [-0.3, -0.25) is 14.3 Å². The molecule has 3 aromatic rings. The van der Waals surface area contributed by atoms with Gasteiger partial charge in [0.05, 0.1) is 16.6 Å². The SMILES string of the molecule is Cc1nn(C)c2nc(C3CC3)cc(C(=O)Nc3ccc(N4CCCC4=O)cc3)c12.